The van der Waals surface area contributed by atoms with Crippen LogP contribution in [0.4, 0.5) is 13.2 Å². The minimum Gasteiger partial charge on any atom is -0.289 e. The van der Waals surface area contributed by atoms with Crippen LogP contribution in [0.3, 0.4) is 0 Å². The Bertz CT molecular complexity index is 574. The smallest absolute Gasteiger partial charge is 0.289 e. The molecule has 0 N–H and O–H groups in total. The Kier molecular flexibility index (Phi) is 4.60. The summed E-state index contributed by atoms with van der Waals surface area (Å²) in [4.78, 5) is 0.0375. The number of alkyl halides is 3. The third-order valence-electron chi connectivity index (χ3n) is 3.26. The number of aryl methyl sites for hydroxylation is 1. The van der Waals surface area contributed by atoms with E-state index in [1.54, 1.807) is 12.1 Å². The summed E-state index contributed by atoms with van der Waals surface area (Å²) in [6.07, 6.45) is -5.27. The van der Waals surface area contributed by atoms with E-state index in [2.05, 4.69) is 4.74 Å². The summed E-state index contributed by atoms with van der Waals surface area (Å²) in [6, 6.07) is 6.15. The highest BCUT2D eigenvalue weighted by molar-refractivity contribution is 7.86. The van der Waals surface area contributed by atoms with Crippen molar-refractivity contribution in [3.63, 3.8) is 0 Å². The van der Waals surface area contributed by atoms with Gasteiger partial charge in [0.05, 0.1) is 17.6 Å². The minimum atomic E-state index is -4.65. The maximum absolute atomic E-state index is 11.9. The van der Waals surface area contributed by atoms with Gasteiger partial charge in [0.2, 0.25) is 0 Å². The summed E-state index contributed by atoms with van der Waals surface area (Å²) in [5, 5.41) is 0. The Morgan fingerprint density at radius 3 is 2.29 bits per heavy atom. The van der Waals surface area contributed by atoms with E-state index < -0.39 is 22.6 Å². The summed E-state index contributed by atoms with van der Waals surface area (Å²) in [5.74, 6) is -0.238. The Balaban J connectivity index is 1.80. The van der Waals surface area contributed by atoms with Gasteiger partial charge in [-0.05, 0) is 37.8 Å². The van der Waals surface area contributed by atoms with Crippen molar-refractivity contribution < 1.29 is 30.5 Å². The summed E-state index contributed by atoms with van der Waals surface area (Å²) in [5.41, 5.74) is 0.917. The predicted molar refractivity (Wildman–Crippen MR) is 68.0 cm³/mol. The Hall–Kier alpha value is -1.12. The van der Waals surface area contributed by atoms with Crippen LogP contribution < -0.4 is 0 Å². The molecule has 0 saturated heterocycles. The molecule has 0 radical (unpaired) electrons. The lowest BCUT2D eigenvalue weighted by atomic mass is 9.83. The number of rotatable bonds is 5. The van der Waals surface area contributed by atoms with Crippen LogP contribution in [0.2, 0.25) is 0 Å². The standard InChI is InChI=1S/C13H15F3O4S/c1-9-2-4-12(5-3-9)21(17,18)19-8-10-6-11(7-10)20-13(14,15)16/h2-5,10-11H,6-8H2,1H3/t10-,11+. The fourth-order valence-electron chi connectivity index (χ4n) is 2.05. The fraction of sp³-hybridized carbons (Fsp3) is 0.538. The molecule has 0 bridgehead atoms. The second kappa shape index (κ2) is 5.94. The van der Waals surface area contributed by atoms with Crippen molar-refractivity contribution in [2.75, 3.05) is 6.61 Å². The molecule has 0 aliphatic heterocycles. The van der Waals surface area contributed by atoms with E-state index in [-0.39, 0.29) is 30.3 Å². The molecule has 0 heterocycles. The monoisotopic (exact) mass is 324 g/mol. The maximum Gasteiger partial charge on any atom is 0.522 e. The SMILES string of the molecule is Cc1ccc(S(=O)(=O)OC[C@H]2C[C@@H](OC(F)(F)F)C2)cc1. The molecule has 0 spiro atoms. The second-order valence-electron chi connectivity index (χ2n) is 5.07. The molecule has 1 saturated carbocycles. The van der Waals surface area contributed by atoms with Gasteiger partial charge in [-0.2, -0.15) is 8.42 Å². The summed E-state index contributed by atoms with van der Waals surface area (Å²) in [7, 11) is -3.86. The average Bonchev–Trinajstić information content (AvgIpc) is 2.31. The highest BCUT2D eigenvalue weighted by Crippen LogP contribution is 2.35. The van der Waals surface area contributed by atoms with Crippen molar-refractivity contribution in [1.82, 2.24) is 0 Å². The van der Waals surface area contributed by atoms with Gasteiger partial charge < -0.3 is 0 Å². The normalized spacial score (nSPS) is 22.9. The van der Waals surface area contributed by atoms with Gasteiger partial charge in [0.15, 0.2) is 0 Å². The highest BCUT2D eigenvalue weighted by atomic mass is 32.2. The second-order valence-corrected chi connectivity index (χ2v) is 6.69. The molecule has 0 aromatic heterocycles. The Morgan fingerprint density at radius 2 is 1.76 bits per heavy atom. The molecular weight excluding hydrogens is 309 g/mol. The maximum atomic E-state index is 11.9. The van der Waals surface area contributed by atoms with E-state index in [0.29, 0.717) is 0 Å². The van der Waals surface area contributed by atoms with Crippen LogP contribution in [0.1, 0.15) is 18.4 Å². The van der Waals surface area contributed by atoms with Crippen LogP contribution in [-0.4, -0.2) is 27.5 Å². The lowest BCUT2D eigenvalue weighted by Crippen LogP contribution is -2.38. The highest BCUT2D eigenvalue weighted by Gasteiger charge is 2.40. The molecule has 1 aliphatic rings. The zero-order valence-corrected chi connectivity index (χ0v) is 12.1. The van der Waals surface area contributed by atoms with Crippen LogP contribution in [-0.2, 0) is 19.0 Å². The van der Waals surface area contributed by atoms with Crippen molar-refractivity contribution in [1.29, 1.82) is 0 Å². The summed E-state index contributed by atoms with van der Waals surface area (Å²) < 4.78 is 68.2. The van der Waals surface area contributed by atoms with Gasteiger partial charge in [0.1, 0.15) is 0 Å². The molecule has 0 atom stereocenters. The molecule has 1 aromatic carbocycles. The summed E-state index contributed by atoms with van der Waals surface area (Å²) >= 11 is 0. The van der Waals surface area contributed by atoms with E-state index in [1.807, 2.05) is 6.92 Å². The van der Waals surface area contributed by atoms with Crippen LogP contribution in [0.15, 0.2) is 29.2 Å². The molecule has 1 aromatic rings. The quantitative estimate of drug-likeness (QED) is 0.781. The van der Waals surface area contributed by atoms with Crippen LogP contribution >= 0.6 is 0 Å². The van der Waals surface area contributed by atoms with E-state index in [9.17, 15) is 21.6 Å². The lowest BCUT2D eigenvalue weighted by Gasteiger charge is -2.34. The molecular formula is C13H15F3O4S. The number of hydrogen-bond acceptors (Lipinski definition) is 4. The molecule has 0 unspecified atom stereocenters. The first-order valence-corrected chi connectivity index (χ1v) is 7.77. The molecule has 1 aliphatic carbocycles. The third-order valence-corrected chi connectivity index (χ3v) is 4.56. The number of halogens is 3. The van der Waals surface area contributed by atoms with Gasteiger partial charge in [0, 0.05) is 0 Å². The van der Waals surface area contributed by atoms with Gasteiger partial charge in [-0.15, -0.1) is 13.2 Å². The van der Waals surface area contributed by atoms with E-state index in [4.69, 9.17) is 4.18 Å². The predicted octanol–water partition coefficient (Wildman–Crippen LogP) is 3.02. The average molecular weight is 324 g/mol. The van der Waals surface area contributed by atoms with Crippen molar-refractivity contribution in [3.05, 3.63) is 29.8 Å². The zero-order chi connectivity index (χ0) is 15.7. The minimum absolute atomic E-state index is 0.0375. The Morgan fingerprint density at radius 1 is 1.19 bits per heavy atom. The van der Waals surface area contributed by atoms with Gasteiger partial charge in [-0.1, -0.05) is 17.7 Å². The molecule has 8 heteroatoms. The first-order valence-electron chi connectivity index (χ1n) is 6.36. The van der Waals surface area contributed by atoms with Crippen molar-refractivity contribution in [2.45, 2.75) is 37.1 Å². The zero-order valence-electron chi connectivity index (χ0n) is 11.3. The largest absolute Gasteiger partial charge is 0.522 e. The molecule has 21 heavy (non-hydrogen) atoms. The number of ether oxygens (including phenoxy) is 1. The first kappa shape index (κ1) is 16.3. The van der Waals surface area contributed by atoms with Gasteiger partial charge >= 0.3 is 6.36 Å². The van der Waals surface area contributed by atoms with E-state index in [1.165, 1.54) is 12.1 Å². The molecule has 4 nitrogen and oxygen atoms in total. The van der Waals surface area contributed by atoms with E-state index >= 15 is 0 Å². The number of benzene rings is 1. The van der Waals surface area contributed by atoms with Crippen LogP contribution in [0.25, 0.3) is 0 Å². The van der Waals surface area contributed by atoms with Crippen molar-refractivity contribution in [3.8, 4) is 0 Å². The topological polar surface area (TPSA) is 52.6 Å². The summed E-state index contributed by atoms with van der Waals surface area (Å²) in [6.45, 7) is 1.69. The third kappa shape index (κ3) is 4.69. The molecule has 118 valence electrons. The van der Waals surface area contributed by atoms with Crippen LogP contribution in [0, 0.1) is 12.8 Å². The Labute approximate surface area is 121 Å². The van der Waals surface area contributed by atoms with Gasteiger partial charge in [0.25, 0.3) is 10.1 Å². The van der Waals surface area contributed by atoms with Gasteiger partial charge in [-0.25, -0.2) is 0 Å². The van der Waals surface area contributed by atoms with E-state index in [0.717, 1.165) is 5.56 Å². The van der Waals surface area contributed by atoms with Gasteiger partial charge in [-0.3, -0.25) is 8.92 Å². The number of hydrogen-bond donors (Lipinski definition) is 0. The van der Waals surface area contributed by atoms with Crippen molar-refractivity contribution >= 4 is 10.1 Å². The fourth-order valence-corrected chi connectivity index (χ4v) is 3.03. The van der Waals surface area contributed by atoms with Crippen LogP contribution in [0.5, 0.6) is 0 Å². The lowest BCUT2D eigenvalue weighted by molar-refractivity contribution is -0.354. The first-order chi connectivity index (χ1) is 9.66. The molecule has 1 fully saturated rings. The van der Waals surface area contributed by atoms with Crippen molar-refractivity contribution in [2.24, 2.45) is 5.92 Å². The molecule has 2 rings (SSSR count). The molecule has 0 amide bonds.